The van der Waals surface area contributed by atoms with E-state index >= 15 is 0 Å². The van der Waals surface area contributed by atoms with Gasteiger partial charge in [-0.15, -0.1) is 12.3 Å². The molecule has 1 aromatic carbocycles. The highest BCUT2D eigenvalue weighted by molar-refractivity contribution is 5.99. The quantitative estimate of drug-likeness (QED) is 0.364. The number of hydrogen-bond acceptors (Lipinski definition) is 6. The molecule has 0 aliphatic carbocycles. The molecule has 192 valence electrons. The lowest BCUT2D eigenvalue weighted by molar-refractivity contribution is -0.126. The van der Waals surface area contributed by atoms with E-state index < -0.39 is 0 Å². The largest absolute Gasteiger partial charge is 0.367 e. The Hall–Kier alpha value is -4.12. The molecule has 36 heavy (non-hydrogen) atoms. The van der Waals surface area contributed by atoms with Gasteiger partial charge in [-0.1, -0.05) is 39.1 Å². The predicted molar refractivity (Wildman–Crippen MR) is 149 cm³/mol. The lowest BCUT2D eigenvalue weighted by atomic mass is 10.0. The Bertz CT molecular complexity index is 1080. The summed E-state index contributed by atoms with van der Waals surface area (Å²) in [5.74, 6) is 3.29. The fraction of sp³-hybridized carbons (Fsp3) is 0.357. The van der Waals surface area contributed by atoms with E-state index in [1.165, 1.54) is 12.2 Å². The molecule has 3 N–H and O–H groups in total. The van der Waals surface area contributed by atoms with Crippen molar-refractivity contribution in [3.05, 3.63) is 60.7 Å². The summed E-state index contributed by atoms with van der Waals surface area (Å²) in [7, 11) is 0. The van der Waals surface area contributed by atoms with Crippen molar-refractivity contribution < 1.29 is 9.59 Å². The molecule has 0 saturated carbocycles. The fourth-order valence-electron chi connectivity index (χ4n) is 3.42. The van der Waals surface area contributed by atoms with Gasteiger partial charge in [0.1, 0.15) is 11.6 Å². The number of anilines is 4. The summed E-state index contributed by atoms with van der Waals surface area (Å²) in [6.07, 6.45) is 8.73. The highest BCUT2D eigenvalue weighted by atomic mass is 16.2. The Kier molecular flexibility index (Phi) is 13.1. The van der Waals surface area contributed by atoms with Gasteiger partial charge < -0.3 is 20.9 Å². The average Bonchev–Trinajstić information content (AvgIpc) is 2.88. The minimum Gasteiger partial charge on any atom is -0.367 e. The van der Waals surface area contributed by atoms with Crippen LogP contribution in [0.2, 0.25) is 0 Å². The third-order valence-electron chi connectivity index (χ3n) is 5.17. The number of piperidine rings is 1. The SMILES string of the molecule is C#CC.C=CC(=O)Nc1nc(Nc2cccc(C)c2)nc(NC2CCN(C(=O)C=C)CC2)c1C.CC. The number of benzene rings is 1. The Morgan fingerprint density at radius 2 is 1.72 bits per heavy atom. The van der Waals surface area contributed by atoms with Gasteiger partial charge in [0.25, 0.3) is 0 Å². The summed E-state index contributed by atoms with van der Waals surface area (Å²) in [6.45, 7) is 17.9. The first-order valence-corrected chi connectivity index (χ1v) is 12.0. The molecule has 0 atom stereocenters. The Morgan fingerprint density at radius 3 is 2.28 bits per heavy atom. The number of carbonyl (C=O) groups excluding carboxylic acids is 2. The molecule has 1 fully saturated rings. The molecule has 1 aromatic heterocycles. The van der Waals surface area contributed by atoms with Crippen LogP contribution < -0.4 is 16.0 Å². The second-order valence-corrected chi connectivity index (χ2v) is 7.79. The zero-order chi connectivity index (χ0) is 27.1. The van der Waals surface area contributed by atoms with Crippen molar-refractivity contribution in [3.8, 4) is 12.3 Å². The first-order chi connectivity index (χ1) is 17.3. The van der Waals surface area contributed by atoms with E-state index in [0.717, 1.165) is 29.7 Å². The average molecular weight is 491 g/mol. The smallest absolute Gasteiger partial charge is 0.248 e. The molecule has 0 spiro atoms. The van der Waals surface area contributed by atoms with Gasteiger partial charge >= 0.3 is 0 Å². The lowest BCUT2D eigenvalue weighted by Gasteiger charge is -2.32. The van der Waals surface area contributed by atoms with Crippen LogP contribution in [0.3, 0.4) is 0 Å². The van der Waals surface area contributed by atoms with Crippen LogP contribution in [0.15, 0.2) is 49.6 Å². The van der Waals surface area contributed by atoms with E-state index in [-0.39, 0.29) is 17.9 Å². The van der Waals surface area contributed by atoms with Crippen LogP contribution in [0, 0.1) is 26.2 Å². The standard InChI is InChI=1S/C23H28N6O2.C3H4.C2H6/c1-5-19(30)26-22-16(4)21(24-17-10-12-29(13-11-17)20(31)6-2)27-23(28-22)25-18-9-7-8-15(3)14-18;1-3-2;1-2/h5-9,14,17H,1-2,10-13H2,3-4H3,(H3,24,25,26,27,28,30);1H,2H3;1-2H3. The summed E-state index contributed by atoms with van der Waals surface area (Å²) in [5, 5.41) is 9.42. The van der Waals surface area contributed by atoms with Gasteiger partial charge in [-0.25, -0.2) is 0 Å². The van der Waals surface area contributed by atoms with Crippen LogP contribution in [-0.2, 0) is 9.59 Å². The van der Waals surface area contributed by atoms with Crippen molar-refractivity contribution in [2.45, 2.75) is 53.5 Å². The van der Waals surface area contributed by atoms with Crippen molar-refractivity contribution in [2.24, 2.45) is 0 Å². The molecular weight excluding hydrogens is 452 g/mol. The van der Waals surface area contributed by atoms with Gasteiger partial charge in [0.2, 0.25) is 17.8 Å². The van der Waals surface area contributed by atoms with Gasteiger partial charge in [-0.2, -0.15) is 9.97 Å². The minimum atomic E-state index is -0.342. The predicted octanol–water partition coefficient (Wildman–Crippen LogP) is 5.22. The molecule has 3 rings (SSSR count). The van der Waals surface area contributed by atoms with Crippen LogP contribution in [-0.4, -0.2) is 45.8 Å². The maximum Gasteiger partial charge on any atom is 0.248 e. The van der Waals surface area contributed by atoms with Crippen LogP contribution in [0.25, 0.3) is 0 Å². The van der Waals surface area contributed by atoms with E-state index in [1.807, 2.05) is 52.0 Å². The van der Waals surface area contributed by atoms with Gasteiger partial charge in [-0.05, 0) is 63.5 Å². The second-order valence-electron chi connectivity index (χ2n) is 7.79. The Morgan fingerprint density at radius 1 is 1.11 bits per heavy atom. The molecule has 8 nitrogen and oxygen atoms in total. The monoisotopic (exact) mass is 490 g/mol. The normalized spacial score (nSPS) is 12.4. The van der Waals surface area contributed by atoms with E-state index in [4.69, 9.17) is 0 Å². The molecule has 8 heteroatoms. The number of likely N-dealkylation sites (tertiary alicyclic amines) is 1. The molecule has 0 unspecified atom stereocenters. The summed E-state index contributed by atoms with van der Waals surface area (Å²) in [6, 6.07) is 8.02. The molecule has 1 aliphatic heterocycles. The Balaban J connectivity index is 0.00000120. The molecule has 1 saturated heterocycles. The summed E-state index contributed by atoms with van der Waals surface area (Å²) < 4.78 is 0. The van der Waals surface area contributed by atoms with Crippen molar-refractivity contribution in [1.82, 2.24) is 14.9 Å². The third-order valence-corrected chi connectivity index (χ3v) is 5.17. The van der Waals surface area contributed by atoms with Gasteiger partial charge in [0.05, 0.1) is 0 Å². The minimum absolute atomic E-state index is 0.0456. The number of aryl methyl sites for hydroxylation is 1. The van der Waals surface area contributed by atoms with Crippen molar-refractivity contribution in [3.63, 3.8) is 0 Å². The number of nitrogens with one attached hydrogen (secondary N) is 3. The number of carbonyl (C=O) groups is 2. The molecule has 2 heterocycles. The third kappa shape index (κ3) is 9.26. The molecule has 2 aromatic rings. The summed E-state index contributed by atoms with van der Waals surface area (Å²) in [4.78, 5) is 34.6. The van der Waals surface area contributed by atoms with E-state index in [0.29, 0.717) is 30.7 Å². The van der Waals surface area contributed by atoms with Crippen molar-refractivity contribution in [1.29, 1.82) is 0 Å². The van der Waals surface area contributed by atoms with Gasteiger partial charge in [0, 0.05) is 30.4 Å². The highest BCUT2D eigenvalue weighted by Gasteiger charge is 2.23. The van der Waals surface area contributed by atoms with Crippen LogP contribution >= 0.6 is 0 Å². The number of rotatable bonds is 7. The topological polar surface area (TPSA) is 99.2 Å². The Labute approximate surface area is 215 Å². The van der Waals surface area contributed by atoms with E-state index in [9.17, 15) is 9.59 Å². The molecule has 0 bridgehead atoms. The summed E-state index contributed by atoms with van der Waals surface area (Å²) >= 11 is 0. The molecule has 2 amide bonds. The first kappa shape index (κ1) is 29.9. The molecular formula is C28H38N6O2. The van der Waals surface area contributed by atoms with Crippen LogP contribution in [0.1, 0.15) is 44.7 Å². The summed E-state index contributed by atoms with van der Waals surface area (Å²) in [5.41, 5.74) is 2.69. The number of amides is 2. The molecule has 0 radical (unpaired) electrons. The zero-order valence-corrected chi connectivity index (χ0v) is 22.0. The fourth-order valence-corrected chi connectivity index (χ4v) is 3.42. The van der Waals surface area contributed by atoms with Gasteiger partial charge in [-0.3, -0.25) is 9.59 Å². The number of terminal acetylenes is 1. The number of hydrogen-bond donors (Lipinski definition) is 3. The van der Waals surface area contributed by atoms with Crippen molar-refractivity contribution >= 4 is 35.1 Å². The second kappa shape index (κ2) is 15.7. The van der Waals surface area contributed by atoms with E-state index in [2.05, 4.69) is 51.4 Å². The maximum atomic E-state index is 11.9. The van der Waals surface area contributed by atoms with Crippen LogP contribution in [0.4, 0.5) is 23.3 Å². The highest BCUT2D eigenvalue weighted by Crippen LogP contribution is 2.26. The number of aromatic nitrogens is 2. The maximum absolute atomic E-state index is 11.9. The van der Waals surface area contributed by atoms with Gasteiger partial charge in [0.15, 0.2) is 0 Å². The zero-order valence-electron chi connectivity index (χ0n) is 22.0. The lowest BCUT2D eigenvalue weighted by Crippen LogP contribution is -2.41. The molecule has 1 aliphatic rings. The van der Waals surface area contributed by atoms with Crippen LogP contribution in [0.5, 0.6) is 0 Å². The van der Waals surface area contributed by atoms with E-state index in [1.54, 1.807) is 11.8 Å². The first-order valence-electron chi connectivity index (χ1n) is 12.0. The van der Waals surface area contributed by atoms with Crippen molar-refractivity contribution in [2.75, 3.05) is 29.0 Å². The number of nitrogens with zero attached hydrogens (tertiary/aromatic N) is 3.